The minimum absolute atomic E-state index is 0.0396. The van der Waals surface area contributed by atoms with Crippen LogP contribution in [0.4, 0.5) is 5.69 Å². The predicted molar refractivity (Wildman–Crippen MR) is 103 cm³/mol. The van der Waals surface area contributed by atoms with Crippen molar-refractivity contribution in [3.63, 3.8) is 0 Å². The Morgan fingerprint density at radius 1 is 0.852 bits per heavy atom. The van der Waals surface area contributed by atoms with E-state index in [0.717, 1.165) is 6.42 Å². The number of benzene rings is 2. The summed E-state index contributed by atoms with van der Waals surface area (Å²) >= 11 is 5.96. The van der Waals surface area contributed by atoms with E-state index in [1.807, 2.05) is 6.07 Å². The van der Waals surface area contributed by atoms with Gasteiger partial charge in [0.05, 0.1) is 17.5 Å². The molecule has 1 saturated heterocycles. The monoisotopic (exact) mass is 375 g/mol. The molecule has 6 rings (SSSR count). The largest absolute Gasteiger partial charge is 0.274 e. The summed E-state index contributed by atoms with van der Waals surface area (Å²) in [5.74, 6) is 0.301. The fourth-order valence-corrected chi connectivity index (χ4v) is 6.31. The van der Waals surface area contributed by atoms with Crippen molar-refractivity contribution >= 4 is 29.1 Å². The molecule has 1 heterocycles. The van der Waals surface area contributed by atoms with Crippen LogP contribution in [0, 0.1) is 29.1 Å². The molecule has 0 aromatic heterocycles. The lowest BCUT2D eigenvalue weighted by atomic mass is 9.85. The molecule has 4 aliphatic rings. The van der Waals surface area contributed by atoms with Crippen molar-refractivity contribution in [3.8, 4) is 0 Å². The van der Waals surface area contributed by atoms with Crippen molar-refractivity contribution in [3.05, 3.63) is 77.3 Å². The van der Waals surface area contributed by atoms with E-state index in [4.69, 9.17) is 11.6 Å². The molecule has 1 spiro atoms. The summed E-state index contributed by atoms with van der Waals surface area (Å²) < 4.78 is 0. The Balaban J connectivity index is 1.36. The fraction of sp³-hybridized carbons (Fsp3) is 0.304. The second-order valence-electron chi connectivity index (χ2n) is 8.26. The molecule has 2 aromatic carbocycles. The smallest absolute Gasteiger partial charge is 0.238 e. The summed E-state index contributed by atoms with van der Waals surface area (Å²) in [6, 6.07) is 17.5. The highest BCUT2D eigenvalue weighted by atomic mass is 35.5. The molecule has 2 saturated carbocycles. The van der Waals surface area contributed by atoms with E-state index in [1.165, 1.54) is 10.5 Å². The minimum atomic E-state index is -0.211. The van der Waals surface area contributed by atoms with Crippen LogP contribution < -0.4 is 4.90 Å². The molecule has 3 aliphatic carbocycles. The Labute approximate surface area is 162 Å². The van der Waals surface area contributed by atoms with Gasteiger partial charge in [-0.1, -0.05) is 54.1 Å². The van der Waals surface area contributed by atoms with E-state index in [2.05, 4.69) is 36.4 Å². The van der Waals surface area contributed by atoms with Gasteiger partial charge in [0.15, 0.2) is 0 Å². The SMILES string of the molecule is O=C1[C@H]2[C@H](C(=O)N1c1ccc(Cl)cc1)[C@@H]1C=C[C@H]2C12C[C@H]2c1ccccc1. The summed E-state index contributed by atoms with van der Waals surface area (Å²) in [4.78, 5) is 27.9. The summed E-state index contributed by atoms with van der Waals surface area (Å²) in [6.07, 6.45) is 5.50. The highest BCUT2D eigenvalue weighted by molar-refractivity contribution is 6.30. The summed E-state index contributed by atoms with van der Waals surface area (Å²) in [6.45, 7) is 0. The number of rotatable bonds is 2. The number of hydrogen-bond donors (Lipinski definition) is 0. The molecular formula is C23H18ClNO2. The number of carbonyl (C=O) groups excluding carboxylic acids is 2. The number of hydrogen-bond acceptors (Lipinski definition) is 2. The summed E-state index contributed by atoms with van der Waals surface area (Å²) in [5, 5.41) is 0.599. The van der Waals surface area contributed by atoms with Crippen molar-refractivity contribution in [2.45, 2.75) is 12.3 Å². The zero-order valence-corrected chi connectivity index (χ0v) is 15.3. The molecule has 6 atom stereocenters. The van der Waals surface area contributed by atoms with Crippen molar-refractivity contribution in [2.24, 2.45) is 29.1 Å². The van der Waals surface area contributed by atoms with Crippen LogP contribution >= 0.6 is 11.6 Å². The van der Waals surface area contributed by atoms with Gasteiger partial charge in [0.2, 0.25) is 11.8 Å². The van der Waals surface area contributed by atoms with E-state index in [9.17, 15) is 9.59 Å². The van der Waals surface area contributed by atoms with Crippen molar-refractivity contribution in [1.29, 1.82) is 0 Å². The number of halogens is 1. The molecule has 27 heavy (non-hydrogen) atoms. The number of allylic oxidation sites excluding steroid dienone is 2. The van der Waals surface area contributed by atoms with Gasteiger partial charge >= 0.3 is 0 Å². The van der Waals surface area contributed by atoms with Crippen LogP contribution in [0.5, 0.6) is 0 Å². The molecule has 2 amide bonds. The Morgan fingerprint density at radius 2 is 1.44 bits per heavy atom. The maximum atomic E-state index is 13.3. The van der Waals surface area contributed by atoms with Gasteiger partial charge in [-0.15, -0.1) is 0 Å². The van der Waals surface area contributed by atoms with Crippen LogP contribution in [-0.2, 0) is 9.59 Å². The van der Waals surface area contributed by atoms with Crippen LogP contribution in [0.2, 0.25) is 5.02 Å². The van der Waals surface area contributed by atoms with Crippen molar-refractivity contribution in [1.82, 2.24) is 0 Å². The van der Waals surface area contributed by atoms with Crippen LogP contribution in [-0.4, -0.2) is 11.8 Å². The normalized spacial score (nSPS) is 38.1. The van der Waals surface area contributed by atoms with E-state index in [0.29, 0.717) is 16.6 Å². The average Bonchev–Trinajstić information content (AvgIpc) is 3.17. The molecule has 0 N–H and O–H groups in total. The lowest BCUT2D eigenvalue weighted by Crippen LogP contribution is -2.35. The number of fused-ring (bicyclic) bond motifs is 3. The first kappa shape index (κ1) is 15.6. The lowest BCUT2D eigenvalue weighted by Gasteiger charge is -2.23. The highest BCUT2D eigenvalue weighted by Gasteiger charge is 2.77. The maximum absolute atomic E-state index is 13.3. The van der Waals surface area contributed by atoms with E-state index < -0.39 is 0 Å². The standard InChI is InChI=1S/C23H18ClNO2/c24-14-6-8-15(9-7-14)25-21(26)19-16-10-11-17(20(19)22(25)27)23(16)12-18(23)13-4-2-1-3-5-13/h1-11,16-20H,12H2/t16-,17+,18-,19+,20+,23?/m0/s1. The second kappa shape index (κ2) is 5.11. The Hall–Kier alpha value is -2.39. The third-order valence-corrected chi connectivity index (χ3v) is 7.52. The first-order chi connectivity index (χ1) is 13.1. The second-order valence-corrected chi connectivity index (χ2v) is 8.69. The fourth-order valence-electron chi connectivity index (χ4n) is 6.19. The molecule has 1 unspecified atom stereocenters. The lowest BCUT2D eigenvalue weighted by molar-refractivity contribution is -0.123. The van der Waals surface area contributed by atoms with Crippen molar-refractivity contribution < 1.29 is 9.59 Å². The first-order valence-electron chi connectivity index (χ1n) is 9.49. The number of nitrogens with zero attached hydrogens (tertiary/aromatic N) is 1. The zero-order chi connectivity index (χ0) is 18.3. The van der Waals surface area contributed by atoms with Crippen LogP contribution in [0.15, 0.2) is 66.7 Å². The number of imide groups is 1. The maximum Gasteiger partial charge on any atom is 0.238 e. The van der Waals surface area contributed by atoms with Gasteiger partial charge in [-0.25, -0.2) is 0 Å². The van der Waals surface area contributed by atoms with Gasteiger partial charge < -0.3 is 0 Å². The van der Waals surface area contributed by atoms with Gasteiger partial charge in [-0.05, 0) is 59.4 Å². The van der Waals surface area contributed by atoms with Crippen molar-refractivity contribution in [2.75, 3.05) is 4.90 Å². The molecule has 3 fully saturated rings. The van der Waals surface area contributed by atoms with Gasteiger partial charge in [0.1, 0.15) is 0 Å². The number of anilines is 1. The highest BCUT2D eigenvalue weighted by Crippen LogP contribution is 2.79. The Bertz CT molecular complexity index is 965. The van der Waals surface area contributed by atoms with Gasteiger partial charge in [0, 0.05) is 5.02 Å². The summed E-state index contributed by atoms with van der Waals surface area (Å²) in [5.41, 5.74) is 2.05. The van der Waals surface area contributed by atoms with E-state index in [-0.39, 0.29) is 40.9 Å². The third kappa shape index (κ3) is 1.83. The molecule has 134 valence electrons. The molecule has 0 radical (unpaired) electrons. The molecule has 2 bridgehead atoms. The zero-order valence-electron chi connectivity index (χ0n) is 14.6. The Morgan fingerprint density at radius 3 is 2.04 bits per heavy atom. The van der Waals surface area contributed by atoms with Crippen LogP contribution in [0.1, 0.15) is 17.9 Å². The minimum Gasteiger partial charge on any atom is -0.274 e. The average molecular weight is 376 g/mol. The number of amides is 2. The topological polar surface area (TPSA) is 37.4 Å². The Kier molecular flexibility index (Phi) is 2.96. The first-order valence-corrected chi connectivity index (χ1v) is 9.87. The van der Waals surface area contributed by atoms with Gasteiger partial charge in [0.25, 0.3) is 0 Å². The van der Waals surface area contributed by atoms with Crippen LogP contribution in [0.25, 0.3) is 0 Å². The van der Waals surface area contributed by atoms with E-state index >= 15 is 0 Å². The van der Waals surface area contributed by atoms with Gasteiger partial charge in [-0.2, -0.15) is 0 Å². The van der Waals surface area contributed by atoms with Crippen LogP contribution in [0.3, 0.4) is 0 Å². The summed E-state index contributed by atoms with van der Waals surface area (Å²) in [7, 11) is 0. The molecule has 2 aromatic rings. The molecule has 1 aliphatic heterocycles. The van der Waals surface area contributed by atoms with E-state index in [1.54, 1.807) is 24.3 Å². The molecule has 3 nitrogen and oxygen atoms in total. The predicted octanol–water partition coefficient (Wildman–Crippen LogP) is 4.44. The quantitative estimate of drug-likeness (QED) is 0.575. The number of carbonyl (C=O) groups is 2. The third-order valence-electron chi connectivity index (χ3n) is 7.27. The molecular weight excluding hydrogens is 358 g/mol. The van der Waals surface area contributed by atoms with Gasteiger partial charge in [-0.3, -0.25) is 14.5 Å². The molecule has 4 heteroatoms.